The Hall–Kier alpha value is -4.07. The minimum Gasteiger partial charge on any atom is -0.481 e. The van der Waals surface area contributed by atoms with Crippen molar-refractivity contribution in [3.8, 4) is 0 Å². The molecule has 0 aliphatic carbocycles. The third-order valence-corrected chi connectivity index (χ3v) is 6.40. The molecular weight excluding hydrogens is 566 g/mol. The smallest absolute Gasteiger partial charge is 0.407 e. The first-order valence-electron chi connectivity index (χ1n) is 15.3. The van der Waals surface area contributed by atoms with Crippen LogP contribution >= 0.6 is 0 Å². The lowest BCUT2D eigenvalue weighted by Crippen LogP contribution is -2.49. The van der Waals surface area contributed by atoms with Gasteiger partial charge in [-0.3, -0.25) is 9.59 Å². The van der Waals surface area contributed by atoms with Crippen molar-refractivity contribution in [1.82, 2.24) is 35.5 Å². The molecule has 2 fully saturated rings. The summed E-state index contributed by atoms with van der Waals surface area (Å²) in [5.41, 5.74) is -0.512. The molecule has 2 aromatic heterocycles. The molecule has 0 atom stereocenters. The maximum absolute atomic E-state index is 12.2. The minimum atomic E-state index is -0.693. The normalized spacial score (nSPS) is 14.8. The van der Waals surface area contributed by atoms with E-state index in [1.165, 1.54) is 0 Å². The Bertz CT molecular complexity index is 1090. The second-order valence-corrected chi connectivity index (χ2v) is 11.2. The van der Waals surface area contributed by atoms with E-state index in [1.54, 1.807) is 30.9 Å². The molecule has 3 N–H and O–H groups in total. The van der Waals surface area contributed by atoms with Crippen molar-refractivity contribution in [1.29, 1.82) is 0 Å². The highest BCUT2D eigenvalue weighted by molar-refractivity contribution is 5.76. The molecule has 0 saturated carbocycles. The zero-order chi connectivity index (χ0) is 32.2. The molecule has 2 aliphatic heterocycles. The molecule has 244 valence electrons. The van der Waals surface area contributed by atoms with E-state index in [1.807, 2.05) is 38.7 Å². The SMILES string of the molecule is CC(C)(C)OC(=O)NCCCC(=O)N1CCN(c2ncccn2)CC1.CCCCC(=O)O.c1cnc(N2CCNCC2)nc1. The summed E-state index contributed by atoms with van der Waals surface area (Å²) in [4.78, 5) is 56.5. The average Bonchev–Trinajstić information content (AvgIpc) is 3.03. The number of carboxylic acids is 1. The number of carbonyl (C=O) groups excluding carboxylic acids is 2. The molecule has 0 spiro atoms. The Labute approximate surface area is 260 Å². The number of ether oxygens (including phenoxy) is 1. The van der Waals surface area contributed by atoms with Crippen molar-refractivity contribution >= 4 is 29.9 Å². The van der Waals surface area contributed by atoms with Gasteiger partial charge in [0.1, 0.15) is 5.60 Å². The van der Waals surface area contributed by atoms with Crippen molar-refractivity contribution in [3.63, 3.8) is 0 Å². The number of carbonyl (C=O) groups is 3. The van der Waals surface area contributed by atoms with Gasteiger partial charge in [0.25, 0.3) is 0 Å². The lowest BCUT2D eigenvalue weighted by Gasteiger charge is -2.34. The minimum absolute atomic E-state index is 0.111. The summed E-state index contributed by atoms with van der Waals surface area (Å²) >= 11 is 0. The maximum Gasteiger partial charge on any atom is 0.407 e. The van der Waals surface area contributed by atoms with Gasteiger partial charge in [-0.2, -0.15) is 0 Å². The number of alkyl carbamates (subject to hydrolysis) is 1. The van der Waals surface area contributed by atoms with Gasteiger partial charge in [-0.1, -0.05) is 13.3 Å². The summed E-state index contributed by atoms with van der Waals surface area (Å²) < 4.78 is 5.15. The summed E-state index contributed by atoms with van der Waals surface area (Å²) in [5, 5.41) is 14.0. The van der Waals surface area contributed by atoms with Gasteiger partial charge in [0.05, 0.1) is 0 Å². The van der Waals surface area contributed by atoms with Gasteiger partial charge in [0, 0.05) is 96.5 Å². The van der Waals surface area contributed by atoms with Crippen LogP contribution in [-0.2, 0) is 14.3 Å². The first kappa shape index (κ1) is 36.1. The van der Waals surface area contributed by atoms with Crippen LogP contribution in [0.4, 0.5) is 16.7 Å². The number of piperazine rings is 2. The number of hydrogen-bond donors (Lipinski definition) is 3. The van der Waals surface area contributed by atoms with Crippen LogP contribution in [0.2, 0.25) is 0 Å². The monoisotopic (exact) mass is 615 g/mol. The zero-order valence-electron chi connectivity index (χ0n) is 26.6. The topological polar surface area (TPSA) is 166 Å². The standard InChI is InChI=1S/C17H27N5O3.C8H12N4.C5H10O2/c1-17(2,3)25-16(24)20-7-4-6-14(23)21-10-12-22(13-11-21)15-18-8-5-9-19-15;1-2-10-8(11-3-1)12-6-4-9-5-7-12;1-2-3-4-5(6)7/h5,8-9H,4,6-7,10-13H2,1-3H3,(H,20,24);1-3,9H,4-7H2;2-4H2,1H3,(H,6,7). The largest absolute Gasteiger partial charge is 0.481 e. The van der Waals surface area contributed by atoms with Crippen molar-refractivity contribution in [2.45, 2.75) is 65.4 Å². The molecule has 0 radical (unpaired) electrons. The average molecular weight is 616 g/mol. The summed E-state index contributed by atoms with van der Waals surface area (Å²) in [6.07, 6.45) is 9.65. The molecule has 44 heavy (non-hydrogen) atoms. The highest BCUT2D eigenvalue weighted by atomic mass is 16.6. The van der Waals surface area contributed by atoms with Crippen molar-refractivity contribution in [3.05, 3.63) is 36.9 Å². The van der Waals surface area contributed by atoms with E-state index in [9.17, 15) is 14.4 Å². The first-order valence-corrected chi connectivity index (χ1v) is 15.3. The molecule has 2 aliphatic rings. The molecule has 4 rings (SSSR count). The van der Waals surface area contributed by atoms with Gasteiger partial charge in [-0.15, -0.1) is 0 Å². The number of nitrogens with one attached hydrogen (secondary N) is 2. The molecule has 4 heterocycles. The molecule has 14 heteroatoms. The van der Waals surface area contributed by atoms with E-state index in [4.69, 9.17) is 9.84 Å². The summed E-state index contributed by atoms with van der Waals surface area (Å²) in [5.74, 6) is 0.969. The fourth-order valence-corrected chi connectivity index (χ4v) is 4.16. The molecule has 0 unspecified atom stereocenters. The Morgan fingerprint density at radius 1 is 0.841 bits per heavy atom. The van der Waals surface area contributed by atoms with Crippen LogP contribution in [0.15, 0.2) is 36.9 Å². The molecular formula is C30H49N9O5. The molecule has 2 aromatic rings. The number of carboxylic acid groups (broad SMARTS) is 1. The van der Waals surface area contributed by atoms with Crippen LogP contribution in [0, 0.1) is 0 Å². The van der Waals surface area contributed by atoms with Crippen molar-refractivity contribution < 1.29 is 24.2 Å². The van der Waals surface area contributed by atoms with Crippen LogP contribution in [0.5, 0.6) is 0 Å². The third kappa shape index (κ3) is 15.4. The maximum atomic E-state index is 12.2. The van der Waals surface area contributed by atoms with Crippen LogP contribution in [0.25, 0.3) is 0 Å². The number of aliphatic carboxylic acids is 1. The van der Waals surface area contributed by atoms with Gasteiger partial charge in [0.15, 0.2) is 0 Å². The zero-order valence-corrected chi connectivity index (χ0v) is 26.6. The Morgan fingerprint density at radius 2 is 1.36 bits per heavy atom. The summed E-state index contributed by atoms with van der Waals surface area (Å²) in [7, 11) is 0. The number of hydrogen-bond acceptors (Lipinski definition) is 11. The van der Waals surface area contributed by atoms with Crippen LogP contribution < -0.4 is 20.4 Å². The summed E-state index contributed by atoms with van der Waals surface area (Å²) in [6, 6.07) is 3.63. The van der Waals surface area contributed by atoms with Gasteiger partial charge in [-0.05, 0) is 45.7 Å². The number of amides is 2. The summed E-state index contributed by atoms with van der Waals surface area (Å²) in [6.45, 7) is 14.7. The number of aromatic nitrogens is 4. The highest BCUT2D eigenvalue weighted by Crippen LogP contribution is 2.11. The van der Waals surface area contributed by atoms with E-state index in [0.29, 0.717) is 44.8 Å². The fourth-order valence-electron chi connectivity index (χ4n) is 4.16. The third-order valence-electron chi connectivity index (χ3n) is 6.40. The lowest BCUT2D eigenvalue weighted by molar-refractivity contribution is -0.137. The lowest BCUT2D eigenvalue weighted by atomic mass is 10.2. The second-order valence-electron chi connectivity index (χ2n) is 11.2. The van der Waals surface area contributed by atoms with E-state index in [0.717, 1.165) is 58.1 Å². The predicted octanol–water partition coefficient (Wildman–Crippen LogP) is 2.58. The molecule has 2 saturated heterocycles. The molecule has 0 aromatic carbocycles. The van der Waals surface area contributed by atoms with E-state index < -0.39 is 17.7 Å². The van der Waals surface area contributed by atoms with Gasteiger partial charge >= 0.3 is 12.1 Å². The molecule has 0 bridgehead atoms. The Balaban J connectivity index is 0.000000291. The number of unbranched alkanes of at least 4 members (excludes halogenated alkanes) is 1. The fraction of sp³-hybridized carbons (Fsp3) is 0.633. The van der Waals surface area contributed by atoms with Crippen LogP contribution in [-0.4, -0.2) is 112 Å². The quantitative estimate of drug-likeness (QED) is 0.354. The van der Waals surface area contributed by atoms with E-state index >= 15 is 0 Å². The van der Waals surface area contributed by atoms with Crippen LogP contribution in [0.1, 0.15) is 59.8 Å². The molecule has 2 amide bonds. The van der Waals surface area contributed by atoms with E-state index in [2.05, 4.69) is 40.4 Å². The number of nitrogens with zero attached hydrogens (tertiary/aromatic N) is 7. The second kappa shape index (κ2) is 20.0. The van der Waals surface area contributed by atoms with E-state index in [-0.39, 0.29) is 5.91 Å². The predicted molar refractivity (Wildman–Crippen MR) is 169 cm³/mol. The Morgan fingerprint density at radius 3 is 1.82 bits per heavy atom. The van der Waals surface area contributed by atoms with Gasteiger partial charge < -0.3 is 35.2 Å². The van der Waals surface area contributed by atoms with Gasteiger partial charge in [0.2, 0.25) is 17.8 Å². The van der Waals surface area contributed by atoms with Gasteiger partial charge in [-0.25, -0.2) is 24.7 Å². The van der Waals surface area contributed by atoms with Crippen molar-refractivity contribution in [2.24, 2.45) is 0 Å². The van der Waals surface area contributed by atoms with Crippen LogP contribution in [0.3, 0.4) is 0 Å². The highest BCUT2D eigenvalue weighted by Gasteiger charge is 2.22. The first-order chi connectivity index (χ1) is 21.1. The van der Waals surface area contributed by atoms with Crippen molar-refractivity contribution in [2.75, 3.05) is 68.7 Å². The Kier molecular flexibility index (Phi) is 16.4. The molecule has 14 nitrogen and oxygen atoms in total. The number of rotatable bonds is 9. The number of anilines is 2.